The van der Waals surface area contributed by atoms with Crippen molar-refractivity contribution in [3.63, 3.8) is 0 Å². The lowest BCUT2D eigenvalue weighted by atomic mass is 10.2. The number of carbonyl (C=O) groups is 1. The third-order valence-corrected chi connectivity index (χ3v) is 2.86. The fraction of sp³-hybridized carbons (Fsp3) is 0.214. The van der Waals surface area contributed by atoms with Crippen LogP contribution in [0.3, 0.4) is 0 Å². The molecule has 0 aliphatic heterocycles. The molecule has 0 aliphatic carbocycles. The van der Waals surface area contributed by atoms with E-state index in [4.69, 9.17) is 16.2 Å². The topological polar surface area (TPSA) is 107 Å². The Balaban J connectivity index is 2.24. The minimum absolute atomic E-state index is 0.0462. The Morgan fingerprint density at radius 3 is 2.62 bits per heavy atom. The number of aromatic nitrogens is 2. The van der Waals surface area contributed by atoms with Gasteiger partial charge < -0.3 is 21.1 Å². The van der Waals surface area contributed by atoms with E-state index in [1.165, 1.54) is 13.4 Å². The molecule has 7 heteroatoms. The molecule has 1 amide bonds. The van der Waals surface area contributed by atoms with E-state index in [-0.39, 0.29) is 6.54 Å². The molecule has 2 aromatic rings. The summed E-state index contributed by atoms with van der Waals surface area (Å²) in [6.45, 7) is 0.522. The van der Waals surface area contributed by atoms with Crippen LogP contribution in [0.1, 0.15) is 5.56 Å². The van der Waals surface area contributed by atoms with Gasteiger partial charge in [-0.15, -0.1) is 0 Å². The van der Waals surface area contributed by atoms with E-state index in [2.05, 4.69) is 9.97 Å². The third kappa shape index (κ3) is 4.07. The molecule has 0 radical (unpaired) electrons. The van der Waals surface area contributed by atoms with Gasteiger partial charge in [0.1, 0.15) is 12.1 Å². The zero-order valence-electron chi connectivity index (χ0n) is 11.7. The summed E-state index contributed by atoms with van der Waals surface area (Å²) in [5, 5.41) is 0. The van der Waals surface area contributed by atoms with E-state index in [1.54, 1.807) is 23.1 Å². The molecular weight excluding hydrogens is 270 g/mol. The van der Waals surface area contributed by atoms with Crippen LogP contribution in [0, 0.1) is 0 Å². The molecule has 0 bridgehead atoms. The maximum absolute atomic E-state index is 11.3. The molecule has 21 heavy (non-hydrogen) atoms. The number of methoxy groups -OCH3 is 1. The number of nitrogens with two attached hydrogens (primary N) is 2. The molecule has 4 N–H and O–H groups in total. The predicted octanol–water partition coefficient (Wildman–Crippen LogP) is 0.559. The second-order valence-electron chi connectivity index (χ2n) is 4.48. The van der Waals surface area contributed by atoms with Crippen LogP contribution < -0.4 is 21.1 Å². The SMILES string of the molecule is COc1cc(N(CC(N)=O)Cc2ccc(N)cc2)ncn1. The Labute approximate surface area is 122 Å². The molecule has 2 rings (SSSR count). The average molecular weight is 287 g/mol. The van der Waals surface area contributed by atoms with Gasteiger partial charge in [-0.1, -0.05) is 12.1 Å². The number of anilines is 2. The number of benzene rings is 1. The number of nitrogen functional groups attached to an aromatic ring is 1. The van der Waals surface area contributed by atoms with Crippen LogP contribution in [-0.4, -0.2) is 29.5 Å². The first-order chi connectivity index (χ1) is 10.1. The molecule has 0 unspecified atom stereocenters. The number of hydrogen-bond donors (Lipinski definition) is 2. The lowest BCUT2D eigenvalue weighted by molar-refractivity contribution is -0.116. The highest BCUT2D eigenvalue weighted by Crippen LogP contribution is 2.18. The van der Waals surface area contributed by atoms with Crippen LogP contribution in [0.25, 0.3) is 0 Å². The normalized spacial score (nSPS) is 10.1. The monoisotopic (exact) mass is 287 g/mol. The van der Waals surface area contributed by atoms with Crippen molar-refractivity contribution >= 4 is 17.4 Å². The van der Waals surface area contributed by atoms with Gasteiger partial charge in [-0.2, -0.15) is 0 Å². The second-order valence-corrected chi connectivity index (χ2v) is 4.48. The smallest absolute Gasteiger partial charge is 0.237 e. The van der Waals surface area contributed by atoms with Crippen molar-refractivity contribution in [2.45, 2.75) is 6.54 Å². The quantitative estimate of drug-likeness (QED) is 0.752. The van der Waals surface area contributed by atoms with E-state index in [9.17, 15) is 4.79 Å². The van der Waals surface area contributed by atoms with Gasteiger partial charge in [-0.25, -0.2) is 9.97 Å². The highest BCUT2D eigenvalue weighted by atomic mass is 16.5. The largest absolute Gasteiger partial charge is 0.481 e. The van der Waals surface area contributed by atoms with Gasteiger partial charge in [0.2, 0.25) is 11.8 Å². The van der Waals surface area contributed by atoms with Crippen molar-refractivity contribution in [2.24, 2.45) is 5.73 Å². The van der Waals surface area contributed by atoms with Gasteiger partial charge in [0.15, 0.2) is 0 Å². The molecule has 0 atom stereocenters. The van der Waals surface area contributed by atoms with Crippen molar-refractivity contribution in [1.82, 2.24) is 9.97 Å². The van der Waals surface area contributed by atoms with Crippen LogP contribution in [0.15, 0.2) is 36.7 Å². The van der Waals surface area contributed by atoms with Crippen LogP contribution in [-0.2, 0) is 11.3 Å². The first-order valence-corrected chi connectivity index (χ1v) is 6.32. The van der Waals surface area contributed by atoms with Gasteiger partial charge >= 0.3 is 0 Å². The maximum Gasteiger partial charge on any atom is 0.237 e. The maximum atomic E-state index is 11.3. The number of primary amides is 1. The zero-order chi connectivity index (χ0) is 15.2. The lowest BCUT2D eigenvalue weighted by Crippen LogP contribution is -2.34. The molecule has 7 nitrogen and oxygen atoms in total. The van der Waals surface area contributed by atoms with Gasteiger partial charge in [0, 0.05) is 18.3 Å². The number of ether oxygens (including phenoxy) is 1. The minimum Gasteiger partial charge on any atom is -0.481 e. The molecule has 0 spiro atoms. The summed E-state index contributed by atoms with van der Waals surface area (Å²) < 4.78 is 5.07. The summed E-state index contributed by atoms with van der Waals surface area (Å²) in [5.41, 5.74) is 12.6. The summed E-state index contributed by atoms with van der Waals surface area (Å²) in [4.78, 5) is 21.1. The van der Waals surface area contributed by atoms with Gasteiger partial charge in [0.25, 0.3) is 0 Å². The number of carbonyl (C=O) groups excluding carboxylic acids is 1. The van der Waals surface area contributed by atoms with E-state index < -0.39 is 5.91 Å². The fourth-order valence-electron chi connectivity index (χ4n) is 1.86. The summed E-state index contributed by atoms with van der Waals surface area (Å²) >= 11 is 0. The number of nitrogens with zero attached hydrogens (tertiary/aromatic N) is 3. The van der Waals surface area contributed by atoms with Crippen molar-refractivity contribution in [3.8, 4) is 5.88 Å². The van der Waals surface area contributed by atoms with E-state index in [1.807, 2.05) is 12.1 Å². The summed E-state index contributed by atoms with van der Waals surface area (Å²) in [7, 11) is 1.52. The molecule has 1 aromatic carbocycles. The number of rotatable bonds is 6. The summed E-state index contributed by atoms with van der Waals surface area (Å²) in [6, 6.07) is 9.04. The van der Waals surface area contributed by atoms with E-state index >= 15 is 0 Å². The van der Waals surface area contributed by atoms with Crippen LogP contribution >= 0.6 is 0 Å². The zero-order valence-corrected chi connectivity index (χ0v) is 11.7. The predicted molar refractivity (Wildman–Crippen MR) is 79.7 cm³/mol. The molecule has 0 saturated heterocycles. The first kappa shape index (κ1) is 14.6. The van der Waals surface area contributed by atoms with Gasteiger partial charge in [-0.05, 0) is 17.7 Å². The molecule has 0 fully saturated rings. The Morgan fingerprint density at radius 2 is 2.00 bits per heavy atom. The Kier molecular flexibility index (Phi) is 4.55. The molecule has 0 saturated carbocycles. The highest BCUT2D eigenvalue weighted by Gasteiger charge is 2.13. The van der Waals surface area contributed by atoms with Crippen molar-refractivity contribution in [3.05, 3.63) is 42.2 Å². The molecule has 1 heterocycles. The standard InChI is InChI=1S/C14H17N5O2/c1-21-14-6-13(17-9-18-14)19(8-12(16)20)7-10-2-4-11(15)5-3-10/h2-6,9H,7-8,15H2,1H3,(H2,16,20). The van der Waals surface area contributed by atoms with E-state index in [0.29, 0.717) is 23.9 Å². The van der Waals surface area contributed by atoms with E-state index in [0.717, 1.165) is 5.56 Å². The van der Waals surface area contributed by atoms with Crippen LogP contribution in [0.4, 0.5) is 11.5 Å². The molecular formula is C14H17N5O2. The fourth-order valence-corrected chi connectivity index (χ4v) is 1.86. The number of amides is 1. The van der Waals surface area contributed by atoms with Crippen molar-refractivity contribution in [1.29, 1.82) is 0 Å². The van der Waals surface area contributed by atoms with Gasteiger partial charge in [0.05, 0.1) is 13.7 Å². The van der Waals surface area contributed by atoms with Crippen molar-refractivity contribution in [2.75, 3.05) is 24.3 Å². The average Bonchev–Trinajstić information content (AvgIpc) is 2.48. The Hall–Kier alpha value is -2.83. The van der Waals surface area contributed by atoms with Gasteiger partial charge in [-0.3, -0.25) is 4.79 Å². The highest BCUT2D eigenvalue weighted by molar-refractivity contribution is 5.79. The lowest BCUT2D eigenvalue weighted by Gasteiger charge is -2.22. The number of hydrogen-bond acceptors (Lipinski definition) is 6. The summed E-state index contributed by atoms with van der Waals surface area (Å²) in [6.07, 6.45) is 1.38. The molecule has 1 aromatic heterocycles. The molecule has 110 valence electrons. The summed E-state index contributed by atoms with van der Waals surface area (Å²) in [5.74, 6) is 0.548. The Bertz CT molecular complexity index is 615. The van der Waals surface area contributed by atoms with Crippen LogP contribution in [0.5, 0.6) is 5.88 Å². The minimum atomic E-state index is -0.442. The first-order valence-electron chi connectivity index (χ1n) is 6.32. The van der Waals surface area contributed by atoms with Crippen molar-refractivity contribution < 1.29 is 9.53 Å². The molecule has 0 aliphatic rings. The van der Waals surface area contributed by atoms with Crippen LogP contribution in [0.2, 0.25) is 0 Å². The second kappa shape index (κ2) is 6.56. The third-order valence-electron chi connectivity index (χ3n) is 2.86. The Morgan fingerprint density at radius 1 is 1.29 bits per heavy atom.